The number of carbonyl (C=O) groups is 2. The average molecular weight is 272 g/mol. The lowest BCUT2D eigenvalue weighted by Gasteiger charge is -2.17. The van der Waals surface area contributed by atoms with Gasteiger partial charge in [-0.1, -0.05) is 12.2 Å². The van der Waals surface area contributed by atoms with E-state index in [0.717, 1.165) is 24.9 Å². The van der Waals surface area contributed by atoms with E-state index in [-0.39, 0.29) is 17.7 Å². The number of allylic oxidation sites excluding steroid dienone is 2. The zero-order valence-electron chi connectivity index (χ0n) is 11.9. The molecule has 1 aliphatic carbocycles. The summed E-state index contributed by atoms with van der Waals surface area (Å²) in [5.41, 5.74) is 1.36. The molecule has 0 unspecified atom stereocenters. The zero-order valence-corrected chi connectivity index (χ0v) is 11.9. The van der Waals surface area contributed by atoms with Crippen LogP contribution in [0.3, 0.4) is 0 Å². The molecule has 0 radical (unpaired) electrons. The molecule has 0 fully saturated rings. The fourth-order valence-corrected chi connectivity index (χ4v) is 2.23. The average Bonchev–Trinajstić information content (AvgIpc) is 2.48. The second-order valence-electron chi connectivity index (χ2n) is 5.25. The molecule has 106 valence electrons. The van der Waals surface area contributed by atoms with Crippen LogP contribution in [0.1, 0.15) is 29.6 Å². The van der Waals surface area contributed by atoms with Gasteiger partial charge in [-0.3, -0.25) is 9.59 Å². The van der Waals surface area contributed by atoms with Crippen LogP contribution < -0.4 is 5.32 Å². The van der Waals surface area contributed by atoms with Gasteiger partial charge in [-0.25, -0.2) is 0 Å². The third kappa shape index (κ3) is 3.47. The van der Waals surface area contributed by atoms with Crippen molar-refractivity contribution >= 4 is 17.5 Å². The van der Waals surface area contributed by atoms with Gasteiger partial charge < -0.3 is 10.2 Å². The zero-order chi connectivity index (χ0) is 14.5. The summed E-state index contributed by atoms with van der Waals surface area (Å²) in [5, 5.41) is 2.91. The van der Waals surface area contributed by atoms with Gasteiger partial charge in [0.25, 0.3) is 5.91 Å². The van der Waals surface area contributed by atoms with E-state index >= 15 is 0 Å². The van der Waals surface area contributed by atoms with Gasteiger partial charge in [-0.05, 0) is 43.5 Å². The third-order valence-electron chi connectivity index (χ3n) is 3.45. The first kappa shape index (κ1) is 14.3. The number of nitrogens with one attached hydrogen (secondary N) is 1. The van der Waals surface area contributed by atoms with Gasteiger partial charge in [0, 0.05) is 31.3 Å². The summed E-state index contributed by atoms with van der Waals surface area (Å²) >= 11 is 0. The molecule has 0 saturated heterocycles. The van der Waals surface area contributed by atoms with E-state index in [4.69, 9.17) is 0 Å². The Kier molecular flexibility index (Phi) is 4.56. The molecule has 1 N–H and O–H groups in total. The molecule has 1 aromatic rings. The van der Waals surface area contributed by atoms with Crippen molar-refractivity contribution in [3.8, 4) is 0 Å². The van der Waals surface area contributed by atoms with Gasteiger partial charge in [-0.2, -0.15) is 0 Å². The second-order valence-corrected chi connectivity index (χ2v) is 5.25. The largest absolute Gasteiger partial charge is 0.345 e. The highest BCUT2D eigenvalue weighted by molar-refractivity contribution is 5.96. The summed E-state index contributed by atoms with van der Waals surface area (Å²) in [6.07, 6.45) is 6.86. The summed E-state index contributed by atoms with van der Waals surface area (Å²) in [7, 11) is 3.43. The Bertz CT molecular complexity index is 518. The highest BCUT2D eigenvalue weighted by Gasteiger charge is 2.18. The maximum atomic E-state index is 12.1. The minimum Gasteiger partial charge on any atom is -0.345 e. The number of nitrogens with zero attached hydrogens (tertiary/aromatic N) is 1. The minimum atomic E-state index is -0.0414. The third-order valence-corrected chi connectivity index (χ3v) is 3.45. The van der Waals surface area contributed by atoms with Crippen LogP contribution in [0.2, 0.25) is 0 Å². The van der Waals surface area contributed by atoms with Crippen LogP contribution in [0.5, 0.6) is 0 Å². The molecule has 0 bridgehead atoms. The first-order chi connectivity index (χ1) is 9.58. The first-order valence-electron chi connectivity index (χ1n) is 6.85. The van der Waals surface area contributed by atoms with Gasteiger partial charge >= 0.3 is 0 Å². The van der Waals surface area contributed by atoms with Crippen LogP contribution in [-0.4, -0.2) is 30.8 Å². The van der Waals surface area contributed by atoms with Gasteiger partial charge in [0.05, 0.1) is 0 Å². The molecule has 4 nitrogen and oxygen atoms in total. The number of hydrogen-bond acceptors (Lipinski definition) is 2. The molecule has 0 saturated carbocycles. The van der Waals surface area contributed by atoms with E-state index in [1.807, 2.05) is 0 Å². The van der Waals surface area contributed by atoms with Crippen LogP contribution in [-0.2, 0) is 4.79 Å². The van der Waals surface area contributed by atoms with Crippen LogP contribution >= 0.6 is 0 Å². The fraction of sp³-hybridized carbons (Fsp3) is 0.375. The maximum absolute atomic E-state index is 12.1. The van der Waals surface area contributed by atoms with E-state index in [9.17, 15) is 9.59 Å². The van der Waals surface area contributed by atoms with Crippen molar-refractivity contribution in [1.29, 1.82) is 0 Å². The van der Waals surface area contributed by atoms with E-state index in [1.54, 1.807) is 38.4 Å². The van der Waals surface area contributed by atoms with Gasteiger partial charge in [0.1, 0.15) is 0 Å². The quantitative estimate of drug-likeness (QED) is 0.860. The number of benzene rings is 1. The molecule has 1 atom stereocenters. The molecule has 0 aliphatic heterocycles. The summed E-state index contributed by atoms with van der Waals surface area (Å²) in [4.78, 5) is 25.4. The Morgan fingerprint density at radius 3 is 2.40 bits per heavy atom. The molecule has 20 heavy (non-hydrogen) atoms. The van der Waals surface area contributed by atoms with Gasteiger partial charge in [-0.15, -0.1) is 0 Å². The lowest BCUT2D eigenvalue weighted by atomic mass is 9.93. The summed E-state index contributed by atoms with van der Waals surface area (Å²) in [5.74, 6) is 0.0735. The molecule has 2 amide bonds. The monoisotopic (exact) mass is 272 g/mol. The molecule has 0 aromatic heterocycles. The number of rotatable bonds is 3. The number of anilines is 1. The normalized spacial score (nSPS) is 17.6. The van der Waals surface area contributed by atoms with Crippen molar-refractivity contribution < 1.29 is 9.59 Å². The lowest BCUT2D eigenvalue weighted by molar-refractivity contribution is -0.120. The Morgan fingerprint density at radius 2 is 1.85 bits per heavy atom. The fourth-order valence-electron chi connectivity index (χ4n) is 2.23. The molecule has 1 aromatic carbocycles. The van der Waals surface area contributed by atoms with Gasteiger partial charge in [0.2, 0.25) is 5.91 Å². The summed E-state index contributed by atoms with van der Waals surface area (Å²) < 4.78 is 0. The summed E-state index contributed by atoms with van der Waals surface area (Å²) in [6.45, 7) is 0. The molecular weight excluding hydrogens is 252 g/mol. The lowest BCUT2D eigenvalue weighted by Crippen LogP contribution is -2.24. The van der Waals surface area contributed by atoms with Crippen molar-refractivity contribution in [2.45, 2.75) is 19.3 Å². The molecule has 4 heteroatoms. The topological polar surface area (TPSA) is 49.4 Å². The second kappa shape index (κ2) is 6.37. The SMILES string of the molecule is CN(C)C(=O)c1ccc(NC(=O)[C@@H]2CC=CCC2)cc1. The Labute approximate surface area is 119 Å². The van der Waals surface area contributed by atoms with Crippen LogP contribution in [0.15, 0.2) is 36.4 Å². The van der Waals surface area contributed by atoms with Crippen LogP contribution in [0.4, 0.5) is 5.69 Å². The molecular formula is C16H20N2O2. The highest BCUT2D eigenvalue weighted by atomic mass is 16.2. The predicted molar refractivity (Wildman–Crippen MR) is 79.6 cm³/mol. The van der Waals surface area contributed by atoms with Crippen molar-refractivity contribution in [1.82, 2.24) is 4.90 Å². The van der Waals surface area contributed by atoms with Crippen molar-refractivity contribution in [2.75, 3.05) is 19.4 Å². The number of hydrogen-bond donors (Lipinski definition) is 1. The van der Waals surface area contributed by atoms with Crippen molar-refractivity contribution in [3.05, 3.63) is 42.0 Å². The van der Waals surface area contributed by atoms with Crippen LogP contribution in [0, 0.1) is 5.92 Å². The Balaban J connectivity index is 1.98. The van der Waals surface area contributed by atoms with Crippen LogP contribution in [0.25, 0.3) is 0 Å². The minimum absolute atomic E-state index is 0.0414. The number of carbonyl (C=O) groups excluding carboxylic acids is 2. The molecule has 2 rings (SSSR count). The maximum Gasteiger partial charge on any atom is 0.253 e. The van der Waals surface area contributed by atoms with Crippen molar-refractivity contribution in [2.24, 2.45) is 5.92 Å². The standard InChI is InChI=1S/C16H20N2O2/c1-18(2)16(20)13-8-10-14(11-9-13)17-15(19)12-6-4-3-5-7-12/h3-4,8-12H,5-7H2,1-2H3,(H,17,19)/t12-/m1/s1. The van der Waals surface area contributed by atoms with E-state index in [1.165, 1.54) is 4.90 Å². The van der Waals surface area contributed by atoms with Crippen molar-refractivity contribution in [3.63, 3.8) is 0 Å². The molecule has 1 aliphatic rings. The van der Waals surface area contributed by atoms with E-state index < -0.39 is 0 Å². The molecule has 0 spiro atoms. The summed E-state index contributed by atoms with van der Waals surface area (Å²) in [6, 6.07) is 7.01. The molecule has 0 heterocycles. The van der Waals surface area contributed by atoms with Gasteiger partial charge in [0.15, 0.2) is 0 Å². The predicted octanol–water partition coefficient (Wildman–Crippen LogP) is 2.68. The Hall–Kier alpha value is -2.10. The highest BCUT2D eigenvalue weighted by Crippen LogP contribution is 2.20. The first-order valence-corrected chi connectivity index (χ1v) is 6.85. The number of amides is 2. The van der Waals surface area contributed by atoms with E-state index in [2.05, 4.69) is 17.5 Å². The Morgan fingerprint density at radius 1 is 1.15 bits per heavy atom. The smallest absolute Gasteiger partial charge is 0.253 e. The van der Waals surface area contributed by atoms with E-state index in [0.29, 0.717) is 5.56 Å².